The maximum Gasteiger partial charge on any atom is 0.429 e. The summed E-state index contributed by atoms with van der Waals surface area (Å²) in [5.41, 5.74) is -2.71. The highest BCUT2D eigenvalue weighted by Crippen LogP contribution is 2.43. The predicted molar refractivity (Wildman–Crippen MR) is 137 cm³/mol. The van der Waals surface area contributed by atoms with Gasteiger partial charge in [0.1, 0.15) is 17.1 Å². The van der Waals surface area contributed by atoms with Crippen LogP contribution in [0.1, 0.15) is 87.5 Å². The molecule has 208 valence electrons. The molecule has 0 atom stereocenters. The number of rotatable bonds is 7. The lowest BCUT2D eigenvalue weighted by Gasteiger charge is -2.36. The Morgan fingerprint density at radius 1 is 0.816 bits per heavy atom. The average molecular weight is 539 g/mol. The van der Waals surface area contributed by atoms with E-state index in [-0.39, 0.29) is 11.7 Å². The minimum absolute atomic E-state index is 0.0912. The summed E-state index contributed by atoms with van der Waals surface area (Å²) >= 11 is 0. The quantitative estimate of drug-likeness (QED) is 0.319. The molecule has 0 heterocycles. The molecule has 0 bridgehead atoms. The smallest absolute Gasteiger partial charge is 0.429 e. The van der Waals surface area contributed by atoms with E-state index in [1.54, 1.807) is 18.2 Å². The molecule has 1 nitrogen and oxygen atoms in total. The van der Waals surface area contributed by atoms with Crippen molar-refractivity contribution in [3.8, 4) is 5.75 Å². The van der Waals surface area contributed by atoms with Crippen molar-refractivity contribution in [1.82, 2.24) is 0 Å². The van der Waals surface area contributed by atoms with Crippen LogP contribution in [-0.2, 0) is 18.7 Å². The van der Waals surface area contributed by atoms with E-state index in [0.717, 1.165) is 49.1 Å². The van der Waals surface area contributed by atoms with Crippen molar-refractivity contribution in [2.75, 3.05) is 0 Å². The molecule has 2 aromatic carbocycles. The molecule has 0 saturated heterocycles. The number of benzene rings is 2. The molecule has 0 amide bonds. The van der Waals surface area contributed by atoms with Gasteiger partial charge in [0.25, 0.3) is 0 Å². The first kappa shape index (κ1) is 28.6. The standard InChI is InChI=1S/C31H36F6O/c1-3-21-9-17-26(18-10-21)38-31(36,37)27-19-16-25(28(29(27)32)30(33,34)35)15-8-22-6-13-24(14-7-22)23-11-4-20(2)5-12-23/h8-10,15-20,22-24H,3-7,11-14H2,1-2H3/b15-8+. The van der Waals surface area contributed by atoms with E-state index in [4.69, 9.17) is 0 Å². The first-order chi connectivity index (χ1) is 18.0. The molecule has 2 aliphatic rings. The van der Waals surface area contributed by atoms with E-state index in [1.165, 1.54) is 43.9 Å². The van der Waals surface area contributed by atoms with Gasteiger partial charge in [-0.3, -0.25) is 0 Å². The Balaban J connectivity index is 1.49. The molecule has 7 heteroatoms. The van der Waals surface area contributed by atoms with Crippen LogP contribution in [0.5, 0.6) is 5.75 Å². The molecule has 0 N–H and O–H groups in total. The van der Waals surface area contributed by atoms with Gasteiger partial charge in [0.05, 0.1) is 5.56 Å². The summed E-state index contributed by atoms with van der Waals surface area (Å²) in [6.45, 7) is 4.18. The van der Waals surface area contributed by atoms with Crippen molar-refractivity contribution >= 4 is 6.08 Å². The molecule has 2 saturated carbocycles. The van der Waals surface area contributed by atoms with Crippen LogP contribution in [0.2, 0.25) is 0 Å². The van der Waals surface area contributed by atoms with E-state index in [9.17, 15) is 22.0 Å². The Morgan fingerprint density at radius 3 is 1.95 bits per heavy atom. The zero-order chi connectivity index (χ0) is 27.5. The maximum absolute atomic E-state index is 15.1. The molecular weight excluding hydrogens is 502 g/mol. The van der Waals surface area contributed by atoms with Crippen molar-refractivity contribution < 1.29 is 31.1 Å². The third-order valence-corrected chi connectivity index (χ3v) is 8.44. The molecule has 2 aliphatic carbocycles. The van der Waals surface area contributed by atoms with E-state index in [2.05, 4.69) is 11.7 Å². The summed E-state index contributed by atoms with van der Waals surface area (Å²) in [5.74, 6) is 0.0121. The van der Waals surface area contributed by atoms with Crippen molar-refractivity contribution in [3.05, 3.63) is 70.5 Å². The van der Waals surface area contributed by atoms with Crippen molar-refractivity contribution in [1.29, 1.82) is 0 Å². The number of allylic oxidation sites excluding steroid dienone is 1. The molecule has 4 rings (SSSR count). The van der Waals surface area contributed by atoms with Gasteiger partial charge in [-0.25, -0.2) is 4.39 Å². The fraction of sp³-hybridized carbons (Fsp3) is 0.548. The van der Waals surface area contributed by atoms with E-state index in [1.807, 2.05) is 6.92 Å². The summed E-state index contributed by atoms with van der Waals surface area (Å²) in [6, 6.07) is 7.31. The minimum Gasteiger partial charge on any atom is -0.429 e. The highest BCUT2D eigenvalue weighted by molar-refractivity contribution is 5.57. The summed E-state index contributed by atoms with van der Waals surface area (Å²) in [5, 5.41) is 0. The summed E-state index contributed by atoms with van der Waals surface area (Å²) in [4.78, 5) is 0. The molecule has 38 heavy (non-hydrogen) atoms. The lowest BCUT2D eigenvalue weighted by molar-refractivity contribution is -0.188. The van der Waals surface area contributed by atoms with Crippen LogP contribution in [0, 0.1) is 29.5 Å². The maximum atomic E-state index is 15.1. The van der Waals surface area contributed by atoms with Gasteiger partial charge in [0.15, 0.2) is 0 Å². The first-order valence-corrected chi connectivity index (χ1v) is 13.7. The topological polar surface area (TPSA) is 9.23 Å². The van der Waals surface area contributed by atoms with Crippen molar-refractivity contribution in [2.24, 2.45) is 23.7 Å². The van der Waals surface area contributed by atoms with Gasteiger partial charge >= 0.3 is 12.3 Å². The normalized spacial score (nSPS) is 25.1. The Labute approximate surface area is 221 Å². The molecule has 0 unspecified atom stereocenters. The summed E-state index contributed by atoms with van der Waals surface area (Å²) in [7, 11) is 0. The number of halogens is 6. The molecular formula is C31H36F6O. The Hall–Kier alpha value is -2.44. The Kier molecular flexibility index (Phi) is 8.83. The molecule has 0 radical (unpaired) electrons. The van der Waals surface area contributed by atoms with Gasteiger partial charge in [-0.1, -0.05) is 57.0 Å². The fourth-order valence-electron chi connectivity index (χ4n) is 6.04. The van der Waals surface area contributed by atoms with E-state index in [0.29, 0.717) is 18.4 Å². The van der Waals surface area contributed by atoms with Crippen molar-refractivity contribution in [3.63, 3.8) is 0 Å². The Morgan fingerprint density at radius 2 is 1.39 bits per heavy atom. The lowest BCUT2D eigenvalue weighted by atomic mass is 9.69. The van der Waals surface area contributed by atoms with Crippen molar-refractivity contribution in [2.45, 2.75) is 83.9 Å². The van der Waals surface area contributed by atoms with Crippen LogP contribution < -0.4 is 4.74 Å². The largest absolute Gasteiger partial charge is 0.429 e. The van der Waals surface area contributed by atoms with Gasteiger partial charge in [-0.2, -0.15) is 22.0 Å². The van der Waals surface area contributed by atoms with Crippen LogP contribution in [0.3, 0.4) is 0 Å². The minimum atomic E-state index is -5.14. The predicted octanol–water partition coefficient (Wildman–Crippen LogP) is 10.2. The molecule has 0 aromatic heterocycles. The highest BCUT2D eigenvalue weighted by Gasteiger charge is 2.44. The molecule has 2 aromatic rings. The summed E-state index contributed by atoms with van der Waals surface area (Å²) < 4.78 is 91.0. The third kappa shape index (κ3) is 6.76. The van der Waals surface area contributed by atoms with Crippen LogP contribution in [0.4, 0.5) is 26.3 Å². The fourth-order valence-corrected chi connectivity index (χ4v) is 6.04. The monoisotopic (exact) mass is 538 g/mol. The van der Waals surface area contributed by atoms with E-state index >= 15 is 4.39 Å². The second-order valence-electron chi connectivity index (χ2n) is 11.1. The van der Waals surface area contributed by atoms with Gasteiger partial charge in [0.2, 0.25) is 0 Å². The second-order valence-corrected chi connectivity index (χ2v) is 11.1. The van der Waals surface area contributed by atoms with Gasteiger partial charge in [0, 0.05) is 0 Å². The van der Waals surface area contributed by atoms with Gasteiger partial charge in [-0.15, -0.1) is 0 Å². The highest BCUT2D eigenvalue weighted by atomic mass is 19.4. The van der Waals surface area contributed by atoms with Crippen LogP contribution in [-0.4, -0.2) is 0 Å². The molecule has 2 fully saturated rings. The van der Waals surface area contributed by atoms with Crippen LogP contribution in [0.15, 0.2) is 42.5 Å². The average Bonchev–Trinajstić information content (AvgIpc) is 2.87. The Bertz CT molecular complexity index is 1090. The number of alkyl halides is 5. The summed E-state index contributed by atoms with van der Waals surface area (Å²) in [6.07, 6.45) is 3.04. The van der Waals surface area contributed by atoms with Crippen LogP contribution in [0.25, 0.3) is 6.08 Å². The number of hydrogen-bond acceptors (Lipinski definition) is 1. The number of hydrogen-bond donors (Lipinski definition) is 0. The number of aryl methyl sites for hydroxylation is 1. The van der Waals surface area contributed by atoms with Gasteiger partial charge < -0.3 is 4.74 Å². The van der Waals surface area contributed by atoms with E-state index < -0.39 is 34.8 Å². The van der Waals surface area contributed by atoms with Crippen LogP contribution >= 0.6 is 0 Å². The molecule has 0 spiro atoms. The lowest BCUT2D eigenvalue weighted by Crippen LogP contribution is -2.26. The second kappa shape index (κ2) is 11.7. The van der Waals surface area contributed by atoms with Gasteiger partial charge in [-0.05, 0) is 97.9 Å². The zero-order valence-corrected chi connectivity index (χ0v) is 22.0. The molecule has 0 aliphatic heterocycles. The zero-order valence-electron chi connectivity index (χ0n) is 22.0. The SMILES string of the molecule is CCc1ccc(OC(F)(F)c2ccc(/C=C/C3CCC(C4CCC(C)CC4)CC3)c(C(F)(F)F)c2F)cc1. The first-order valence-electron chi connectivity index (χ1n) is 13.7. The third-order valence-electron chi connectivity index (χ3n) is 8.44. The number of ether oxygens (including phenoxy) is 1.